The Balaban J connectivity index is 2.68. The summed E-state index contributed by atoms with van der Waals surface area (Å²) in [6.45, 7) is 2.45. The summed E-state index contributed by atoms with van der Waals surface area (Å²) >= 11 is 0. The third-order valence-electron chi connectivity index (χ3n) is 1.51. The van der Waals surface area contributed by atoms with Crippen molar-refractivity contribution in [2.24, 2.45) is 5.73 Å². The average molecular weight is 195 g/mol. The highest BCUT2D eigenvalue weighted by Crippen LogP contribution is 2.22. The van der Waals surface area contributed by atoms with Gasteiger partial charge in [-0.2, -0.15) is 0 Å². The van der Waals surface area contributed by atoms with Gasteiger partial charge in [0.05, 0.1) is 12.3 Å². The number of urea groups is 1. The molecule has 0 aromatic heterocycles. The zero-order chi connectivity index (χ0) is 10.4. The van der Waals surface area contributed by atoms with Crippen molar-refractivity contribution in [1.29, 1.82) is 0 Å². The van der Waals surface area contributed by atoms with Gasteiger partial charge in [0, 0.05) is 0 Å². The Labute approximate surface area is 82.2 Å². The van der Waals surface area contributed by atoms with E-state index in [9.17, 15) is 4.79 Å². The molecule has 0 spiro atoms. The van der Waals surface area contributed by atoms with Gasteiger partial charge in [-0.3, -0.25) is 10.9 Å². The molecule has 1 aromatic rings. The van der Waals surface area contributed by atoms with Crippen molar-refractivity contribution in [3.8, 4) is 5.75 Å². The number of carbonyl (C=O) groups excluding carboxylic acids is 1. The van der Waals surface area contributed by atoms with Gasteiger partial charge in [0.1, 0.15) is 5.75 Å². The Kier molecular flexibility index (Phi) is 3.60. The smallest absolute Gasteiger partial charge is 0.330 e. The van der Waals surface area contributed by atoms with Crippen LogP contribution in [-0.2, 0) is 0 Å². The van der Waals surface area contributed by atoms with Crippen LogP contribution in [0.15, 0.2) is 24.3 Å². The van der Waals surface area contributed by atoms with Crippen molar-refractivity contribution in [1.82, 2.24) is 5.43 Å². The zero-order valence-corrected chi connectivity index (χ0v) is 7.91. The summed E-state index contributed by atoms with van der Waals surface area (Å²) in [6.07, 6.45) is 0. The summed E-state index contributed by atoms with van der Waals surface area (Å²) in [4.78, 5) is 10.4. The molecular formula is C9H13N3O2. The Morgan fingerprint density at radius 2 is 2.21 bits per heavy atom. The quantitative estimate of drug-likeness (QED) is 0.629. The molecule has 0 heterocycles. The minimum absolute atomic E-state index is 0.565. The molecule has 0 saturated heterocycles. The van der Waals surface area contributed by atoms with E-state index in [-0.39, 0.29) is 0 Å². The summed E-state index contributed by atoms with van der Waals surface area (Å²) in [5.41, 5.74) is 10.5. The molecular weight excluding hydrogens is 182 g/mol. The molecule has 0 bridgehead atoms. The average Bonchev–Trinajstić information content (AvgIpc) is 2.17. The SMILES string of the molecule is CCOc1ccccc1NNC(N)=O. The van der Waals surface area contributed by atoms with E-state index in [1.165, 1.54) is 0 Å². The van der Waals surface area contributed by atoms with E-state index in [2.05, 4.69) is 10.9 Å². The second kappa shape index (κ2) is 4.96. The van der Waals surface area contributed by atoms with Crippen molar-refractivity contribution < 1.29 is 9.53 Å². The first-order valence-corrected chi connectivity index (χ1v) is 4.27. The Morgan fingerprint density at radius 1 is 1.50 bits per heavy atom. The zero-order valence-electron chi connectivity index (χ0n) is 7.91. The molecule has 5 nitrogen and oxygen atoms in total. The van der Waals surface area contributed by atoms with E-state index in [1.807, 2.05) is 19.1 Å². The monoisotopic (exact) mass is 195 g/mol. The number of hydrogen-bond acceptors (Lipinski definition) is 3. The number of hydrazine groups is 1. The van der Waals surface area contributed by atoms with Crippen LogP contribution in [0.1, 0.15) is 6.92 Å². The van der Waals surface area contributed by atoms with Gasteiger partial charge in [-0.05, 0) is 19.1 Å². The van der Waals surface area contributed by atoms with Crippen molar-refractivity contribution in [3.05, 3.63) is 24.3 Å². The van der Waals surface area contributed by atoms with Crippen molar-refractivity contribution in [2.45, 2.75) is 6.92 Å². The Morgan fingerprint density at radius 3 is 2.86 bits per heavy atom. The van der Waals surface area contributed by atoms with Gasteiger partial charge in [0.25, 0.3) is 0 Å². The molecule has 0 aliphatic rings. The van der Waals surface area contributed by atoms with Crippen LogP contribution in [-0.4, -0.2) is 12.6 Å². The first-order chi connectivity index (χ1) is 6.74. The summed E-state index contributed by atoms with van der Waals surface area (Å²) in [5.74, 6) is 0.670. The van der Waals surface area contributed by atoms with Crippen LogP contribution in [0.25, 0.3) is 0 Å². The highest BCUT2D eigenvalue weighted by Gasteiger charge is 2.01. The number of nitrogens with two attached hydrogens (primary N) is 1. The summed E-state index contributed by atoms with van der Waals surface area (Å²) in [5, 5.41) is 0. The fourth-order valence-corrected chi connectivity index (χ4v) is 0.980. The molecule has 0 fully saturated rings. The molecule has 76 valence electrons. The number of anilines is 1. The van der Waals surface area contributed by atoms with E-state index in [0.29, 0.717) is 18.0 Å². The van der Waals surface area contributed by atoms with E-state index < -0.39 is 6.03 Å². The maximum Gasteiger partial charge on any atom is 0.330 e. The van der Waals surface area contributed by atoms with Crippen molar-refractivity contribution >= 4 is 11.7 Å². The Hall–Kier alpha value is -1.91. The third kappa shape index (κ3) is 2.85. The lowest BCUT2D eigenvalue weighted by Gasteiger charge is -2.11. The van der Waals surface area contributed by atoms with Gasteiger partial charge >= 0.3 is 6.03 Å². The number of rotatable bonds is 4. The molecule has 2 amide bonds. The van der Waals surface area contributed by atoms with Gasteiger partial charge < -0.3 is 10.5 Å². The molecule has 0 radical (unpaired) electrons. The number of benzene rings is 1. The highest BCUT2D eigenvalue weighted by atomic mass is 16.5. The van der Waals surface area contributed by atoms with Gasteiger partial charge in [-0.25, -0.2) is 4.79 Å². The maximum atomic E-state index is 10.4. The van der Waals surface area contributed by atoms with Crippen molar-refractivity contribution in [2.75, 3.05) is 12.0 Å². The topological polar surface area (TPSA) is 76.4 Å². The second-order valence-corrected chi connectivity index (χ2v) is 2.54. The number of ether oxygens (including phenoxy) is 1. The number of amides is 2. The van der Waals surface area contributed by atoms with E-state index in [4.69, 9.17) is 10.5 Å². The maximum absolute atomic E-state index is 10.4. The summed E-state index contributed by atoms with van der Waals surface area (Å²) < 4.78 is 5.31. The van der Waals surface area contributed by atoms with Crippen LogP contribution in [0.4, 0.5) is 10.5 Å². The second-order valence-electron chi connectivity index (χ2n) is 2.54. The highest BCUT2D eigenvalue weighted by molar-refractivity contribution is 5.74. The molecule has 1 rings (SSSR count). The predicted octanol–water partition coefficient (Wildman–Crippen LogP) is 1.08. The molecule has 0 aliphatic carbocycles. The standard InChI is InChI=1S/C9H13N3O2/c1-2-14-8-6-4-3-5-7(8)11-12-9(10)13/h3-6,11H,2H2,1H3,(H3,10,12,13). The summed E-state index contributed by atoms with van der Waals surface area (Å²) in [6, 6.07) is 6.61. The number of carbonyl (C=O) groups is 1. The van der Waals surface area contributed by atoms with E-state index >= 15 is 0 Å². The molecule has 0 aliphatic heterocycles. The van der Waals surface area contributed by atoms with Crippen LogP contribution in [0, 0.1) is 0 Å². The third-order valence-corrected chi connectivity index (χ3v) is 1.51. The predicted molar refractivity (Wildman–Crippen MR) is 54.0 cm³/mol. The molecule has 4 N–H and O–H groups in total. The van der Waals surface area contributed by atoms with Gasteiger partial charge in [-0.15, -0.1) is 0 Å². The van der Waals surface area contributed by atoms with Crippen LogP contribution in [0.2, 0.25) is 0 Å². The van der Waals surface area contributed by atoms with Gasteiger partial charge in [0.2, 0.25) is 0 Å². The number of nitrogens with one attached hydrogen (secondary N) is 2. The molecule has 5 heteroatoms. The van der Waals surface area contributed by atoms with E-state index in [1.54, 1.807) is 12.1 Å². The number of hydrogen-bond donors (Lipinski definition) is 3. The fourth-order valence-electron chi connectivity index (χ4n) is 0.980. The number of para-hydroxylation sites is 2. The molecule has 14 heavy (non-hydrogen) atoms. The minimum Gasteiger partial charge on any atom is -0.492 e. The van der Waals surface area contributed by atoms with Gasteiger partial charge in [0.15, 0.2) is 0 Å². The van der Waals surface area contributed by atoms with E-state index in [0.717, 1.165) is 0 Å². The Bertz CT molecular complexity index is 315. The van der Waals surface area contributed by atoms with Crippen LogP contribution in [0.5, 0.6) is 5.75 Å². The normalized spacial score (nSPS) is 9.21. The minimum atomic E-state index is -0.642. The fraction of sp³-hybridized carbons (Fsp3) is 0.222. The first-order valence-electron chi connectivity index (χ1n) is 4.27. The molecule has 1 aromatic carbocycles. The largest absolute Gasteiger partial charge is 0.492 e. The van der Waals surface area contributed by atoms with Crippen LogP contribution in [0.3, 0.4) is 0 Å². The lowest BCUT2D eigenvalue weighted by Crippen LogP contribution is -2.34. The summed E-state index contributed by atoms with van der Waals surface area (Å²) in [7, 11) is 0. The lowest BCUT2D eigenvalue weighted by atomic mass is 10.3. The molecule has 0 unspecified atom stereocenters. The lowest BCUT2D eigenvalue weighted by molar-refractivity contribution is 0.250. The molecule has 0 atom stereocenters. The van der Waals surface area contributed by atoms with Crippen LogP contribution < -0.4 is 21.3 Å². The van der Waals surface area contributed by atoms with Gasteiger partial charge in [-0.1, -0.05) is 12.1 Å². The number of primary amides is 1. The van der Waals surface area contributed by atoms with Crippen molar-refractivity contribution in [3.63, 3.8) is 0 Å². The first kappa shape index (κ1) is 10.2. The molecule has 0 saturated carbocycles. The van der Waals surface area contributed by atoms with Crippen LogP contribution >= 0.6 is 0 Å².